The fourth-order valence-corrected chi connectivity index (χ4v) is 3.96. The van der Waals surface area contributed by atoms with Gasteiger partial charge in [0, 0.05) is 29.9 Å². The van der Waals surface area contributed by atoms with Crippen molar-refractivity contribution in [1.29, 1.82) is 0 Å². The second-order valence-electron chi connectivity index (χ2n) is 7.49. The summed E-state index contributed by atoms with van der Waals surface area (Å²) in [5, 5.41) is 2.73. The lowest BCUT2D eigenvalue weighted by Gasteiger charge is -2.15. The second kappa shape index (κ2) is 7.60. The van der Waals surface area contributed by atoms with Crippen LogP contribution in [-0.4, -0.2) is 28.2 Å². The molecule has 0 spiro atoms. The van der Waals surface area contributed by atoms with Gasteiger partial charge in [0.2, 0.25) is 5.91 Å². The molecule has 0 saturated carbocycles. The number of hydrogen-bond acceptors (Lipinski definition) is 5. The van der Waals surface area contributed by atoms with E-state index in [0.717, 1.165) is 33.7 Å². The van der Waals surface area contributed by atoms with Crippen molar-refractivity contribution in [1.82, 2.24) is 10.3 Å². The Bertz CT molecular complexity index is 1250. The van der Waals surface area contributed by atoms with Crippen molar-refractivity contribution in [2.75, 3.05) is 0 Å². The molecule has 2 aromatic carbocycles. The molecule has 0 aliphatic carbocycles. The number of primary amides is 1. The van der Waals surface area contributed by atoms with Crippen LogP contribution in [0.25, 0.3) is 0 Å². The first kappa shape index (κ1) is 18.9. The number of nitrogens with one attached hydrogen (secondary N) is 1. The maximum Gasteiger partial charge on any atom is 0.266 e. The lowest BCUT2D eigenvalue weighted by atomic mass is 9.97. The van der Waals surface area contributed by atoms with Crippen LogP contribution in [-0.2, 0) is 22.6 Å². The normalized spacial score (nSPS) is 14.8. The molecule has 1 atom stereocenters. The van der Waals surface area contributed by atoms with Gasteiger partial charge in [0.1, 0.15) is 11.8 Å². The summed E-state index contributed by atoms with van der Waals surface area (Å²) in [6, 6.07) is 15.9. The number of nitrogens with zero attached hydrogens (tertiary/aromatic N) is 3. The molecule has 0 fully saturated rings. The number of carbonyl (C=O) groups excluding carboxylic acids is 2. The fraction of sp³-hybridized carbons (Fsp3) is 0.125. The van der Waals surface area contributed by atoms with Gasteiger partial charge in [-0.1, -0.05) is 36.4 Å². The third-order valence-electron chi connectivity index (χ3n) is 5.49. The third kappa shape index (κ3) is 3.50. The SMILES string of the molecule is NC(=O)[C@@H](NC(=O)C1=Nc2cc3c(cc2C1)CN=C3c1ccncc1)c1ccccc1. The zero-order valence-corrected chi connectivity index (χ0v) is 16.6. The van der Waals surface area contributed by atoms with Gasteiger partial charge >= 0.3 is 0 Å². The maximum atomic E-state index is 12.9. The molecule has 2 aliphatic heterocycles. The Balaban J connectivity index is 1.40. The van der Waals surface area contributed by atoms with E-state index < -0.39 is 17.9 Å². The highest BCUT2D eigenvalue weighted by Crippen LogP contribution is 2.34. The molecule has 0 radical (unpaired) electrons. The molecule has 2 amide bonds. The average molecular weight is 409 g/mol. The van der Waals surface area contributed by atoms with Crippen LogP contribution in [0.3, 0.4) is 0 Å². The van der Waals surface area contributed by atoms with Gasteiger partial charge in [-0.2, -0.15) is 0 Å². The van der Waals surface area contributed by atoms with Gasteiger partial charge < -0.3 is 11.1 Å². The van der Waals surface area contributed by atoms with Crippen LogP contribution in [0.1, 0.15) is 33.9 Å². The van der Waals surface area contributed by atoms with E-state index in [-0.39, 0.29) is 0 Å². The summed E-state index contributed by atoms with van der Waals surface area (Å²) in [6.07, 6.45) is 3.89. The fourth-order valence-electron chi connectivity index (χ4n) is 3.96. The van der Waals surface area contributed by atoms with Gasteiger partial charge in [0.25, 0.3) is 5.91 Å². The Morgan fingerprint density at radius 2 is 1.77 bits per heavy atom. The van der Waals surface area contributed by atoms with Crippen LogP contribution >= 0.6 is 0 Å². The molecule has 3 aromatic rings. The van der Waals surface area contributed by atoms with E-state index in [2.05, 4.69) is 26.4 Å². The number of aliphatic imine (C=N–C) groups is 2. The molecular formula is C24H19N5O2. The number of nitrogens with two attached hydrogens (primary N) is 1. The van der Waals surface area contributed by atoms with E-state index in [0.29, 0.717) is 24.2 Å². The first-order valence-corrected chi connectivity index (χ1v) is 9.94. The Hall–Kier alpha value is -4.13. The van der Waals surface area contributed by atoms with Gasteiger partial charge in [-0.05, 0) is 34.9 Å². The largest absolute Gasteiger partial charge is 0.368 e. The van der Waals surface area contributed by atoms with Crippen LogP contribution in [0, 0.1) is 0 Å². The molecule has 0 saturated heterocycles. The van der Waals surface area contributed by atoms with E-state index in [1.54, 1.807) is 36.7 Å². The zero-order valence-electron chi connectivity index (χ0n) is 16.6. The van der Waals surface area contributed by atoms with Crippen LogP contribution in [0.4, 0.5) is 5.69 Å². The minimum atomic E-state index is -0.907. The molecule has 31 heavy (non-hydrogen) atoms. The van der Waals surface area contributed by atoms with Gasteiger partial charge in [-0.25, -0.2) is 4.99 Å². The summed E-state index contributed by atoms with van der Waals surface area (Å²) in [7, 11) is 0. The number of aromatic nitrogens is 1. The molecule has 2 aliphatic rings. The predicted molar refractivity (Wildman–Crippen MR) is 117 cm³/mol. The van der Waals surface area contributed by atoms with E-state index in [9.17, 15) is 9.59 Å². The Morgan fingerprint density at radius 1 is 1.00 bits per heavy atom. The lowest BCUT2D eigenvalue weighted by Crippen LogP contribution is -2.40. The van der Waals surface area contributed by atoms with Crippen molar-refractivity contribution in [3.63, 3.8) is 0 Å². The molecule has 3 heterocycles. The predicted octanol–water partition coefficient (Wildman–Crippen LogP) is 2.40. The van der Waals surface area contributed by atoms with Gasteiger partial charge in [0.15, 0.2) is 0 Å². The standard InChI is InChI=1S/C24H19N5O2/c25-23(30)22(14-4-2-1-3-5-14)29-24(31)20-11-16-10-17-13-27-21(15-6-8-26-9-7-15)18(17)12-19(16)28-20/h1-10,12,22H,11,13H2,(H2,25,30)(H,29,31)/t22-/m0/s1. The van der Waals surface area contributed by atoms with E-state index in [1.165, 1.54) is 0 Å². The van der Waals surface area contributed by atoms with Crippen LogP contribution in [0.5, 0.6) is 0 Å². The van der Waals surface area contributed by atoms with Crippen molar-refractivity contribution in [2.24, 2.45) is 15.7 Å². The van der Waals surface area contributed by atoms with E-state index in [4.69, 9.17) is 5.73 Å². The van der Waals surface area contributed by atoms with Gasteiger partial charge in [-0.15, -0.1) is 0 Å². The van der Waals surface area contributed by atoms with Gasteiger partial charge in [-0.3, -0.25) is 19.6 Å². The van der Waals surface area contributed by atoms with Gasteiger partial charge in [0.05, 0.1) is 17.9 Å². The first-order valence-electron chi connectivity index (χ1n) is 9.94. The molecule has 7 heteroatoms. The number of carbonyl (C=O) groups is 2. The topological polar surface area (TPSA) is 110 Å². The number of pyridine rings is 1. The number of amides is 2. The molecule has 1 aromatic heterocycles. The molecule has 3 N–H and O–H groups in total. The summed E-state index contributed by atoms with van der Waals surface area (Å²) in [6.45, 7) is 0.597. The summed E-state index contributed by atoms with van der Waals surface area (Å²) < 4.78 is 0. The monoisotopic (exact) mass is 409 g/mol. The highest BCUT2D eigenvalue weighted by molar-refractivity contribution is 6.41. The molecule has 5 rings (SSSR count). The van der Waals surface area contributed by atoms with Crippen molar-refractivity contribution in [3.8, 4) is 0 Å². The van der Waals surface area contributed by atoms with Crippen molar-refractivity contribution in [2.45, 2.75) is 19.0 Å². The summed E-state index contributed by atoms with van der Waals surface area (Å²) in [4.78, 5) is 38.1. The van der Waals surface area contributed by atoms with Crippen molar-refractivity contribution >= 4 is 28.9 Å². The lowest BCUT2D eigenvalue weighted by molar-refractivity contribution is -0.124. The van der Waals surface area contributed by atoms with E-state index >= 15 is 0 Å². The first-order chi connectivity index (χ1) is 15.1. The smallest absolute Gasteiger partial charge is 0.266 e. The van der Waals surface area contributed by atoms with Crippen LogP contribution in [0.2, 0.25) is 0 Å². The van der Waals surface area contributed by atoms with E-state index in [1.807, 2.05) is 24.3 Å². The van der Waals surface area contributed by atoms with Crippen molar-refractivity contribution in [3.05, 3.63) is 94.8 Å². The van der Waals surface area contributed by atoms with Crippen LogP contribution < -0.4 is 11.1 Å². The number of hydrogen-bond donors (Lipinski definition) is 2. The minimum absolute atomic E-state index is 0.364. The molecule has 7 nitrogen and oxygen atoms in total. The van der Waals surface area contributed by atoms with Crippen molar-refractivity contribution < 1.29 is 9.59 Å². The third-order valence-corrected chi connectivity index (χ3v) is 5.49. The Morgan fingerprint density at radius 3 is 2.52 bits per heavy atom. The summed E-state index contributed by atoms with van der Waals surface area (Å²) in [5.41, 5.74) is 12.3. The Labute approximate surface area is 178 Å². The molecule has 0 unspecified atom stereocenters. The Kier molecular flexibility index (Phi) is 4.63. The highest BCUT2D eigenvalue weighted by atomic mass is 16.2. The average Bonchev–Trinajstić information content (AvgIpc) is 3.40. The summed E-state index contributed by atoms with van der Waals surface area (Å²) >= 11 is 0. The minimum Gasteiger partial charge on any atom is -0.368 e. The number of rotatable bonds is 5. The number of benzene rings is 2. The highest BCUT2D eigenvalue weighted by Gasteiger charge is 2.28. The molecule has 0 bridgehead atoms. The second-order valence-corrected chi connectivity index (χ2v) is 7.49. The molecular weight excluding hydrogens is 390 g/mol. The zero-order chi connectivity index (χ0) is 21.4. The quantitative estimate of drug-likeness (QED) is 0.675. The van der Waals surface area contributed by atoms with Crippen LogP contribution in [0.15, 0.2) is 77.0 Å². The number of fused-ring (bicyclic) bond motifs is 2. The maximum absolute atomic E-state index is 12.9. The molecule has 152 valence electrons. The summed E-state index contributed by atoms with van der Waals surface area (Å²) in [5.74, 6) is -1.01.